The molecule has 0 aliphatic heterocycles. The highest BCUT2D eigenvalue weighted by atomic mass is 35.5. The number of aliphatic hydroxyl groups is 1. The van der Waals surface area contributed by atoms with Crippen LogP contribution in [0.5, 0.6) is 0 Å². The van der Waals surface area contributed by atoms with Crippen molar-refractivity contribution < 1.29 is 5.11 Å². The highest BCUT2D eigenvalue weighted by Gasteiger charge is 2.20. The van der Waals surface area contributed by atoms with E-state index in [0.717, 1.165) is 0 Å². The molecule has 0 radical (unpaired) electrons. The minimum absolute atomic E-state index is 0.387. The molecule has 2 unspecified atom stereocenters. The number of aliphatic hydroxyl groups excluding tert-OH is 1. The number of hydrogen-bond acceptors (Lipinski definition) is 3. The Bertz CT molecular complexity index is 299. The topological polar surface area (TPSA) is 59.1 Å². The summed E-state index contributed by atoms with van der Waals surface area (Å²) in [6.45, 7) is 1.84. The van der Waals surface area contributed by atoms with Crippen LogP contribution in [0.1, 0.15) is 24.9 Å². The standard InChI is InChI=1S/C9H12Cl2N2O/c1-2-7(14)9(12)8-5(10)3-13-4-6(8)11/h3-4,7,9,14H,2,12H2,1H3. The molecular formula is C9H12Cl2N2O. The number of rotatable bonds is 3. The van der Waals surface area contributed by atoms with Gasteiger partial charge in [-0.15, -0.1) is 0 Å². The van der Waals surface area contributed by atoms with Crippen LogP contribution < -0.4 is 5.73 Å². The number of nitrogens with two attached hydrogens (primary N) is 1. The Labute approximate surface area is 92.9 Å². The van der Waals surface area contributed by atoms with Crippen LogP contribution >= 0.6 is 23.2 Å². The third-order valence-electron chi connectivity index (χ3n) is 2.06. The first-order valence-electron chi connectivity index (χ1n) is 4.30. The summed E-state index contributed by atoms with van der Waals surface area (Å²) in [6.07, 6.45) is 2.83. The van der Waals surface area contributed by atoms with Gasteiger partial charge < -0.3 is 10.8 Å². The molecule has 0 fully saturated rings. The Morgan fingerprint density at radius 2 is 1.93 bits per heavy atom. The van der Waals surface area contributed by atoms with Crippen molar-refractivity contribution in [2.45, 2.75) is 25.5 Å². The molecule has 0 bridgehead atoms. The highest BCUT2D eigenvalue weighted by Crippen LogP contribution is 2.30. The molecule has 5 heteroatoms. The molecular weight excluding hydrogens is 223 g/mol. The van der Waals surface area contributed by atoms with E-state index >= 15 is 0 Å². The van der Waals surface area contributed by atoms with Crippen molar-refractivity contribution in [1.29, 1.82) is 0 Å². The second kappa shape index (κ2) is 4.94. The maximum atomic E-state index is 9.57. The first-order valence-corrected chi connectivity index (χ1v) is 5.06. The SMILES string of the molecule is CCC(O)C(N)c1c(Cl)cncc1Cl. The predicted octanol–water partition coefficient (Wildman–Crippen LogP) is 2.16. The highest BCUT2D eigenvalue weighted by molar-refractivity contribution is 6.35. The largest absolute Gasteiger partial charge is 0.391 e. The van der Waals surface area contributed by atoms with Gasteiger partial charge in [0.05, 0.1) is 22.2 Å². The minimum atomic E-state index is -0.646. The van der Waals surface area contributed by atoms with Gasteiger partial charge in [-0.05, 0) is 6.42 Å². The lowest BCUT2D eigenvalue weighted by atomic mass is 10.0. The van der Waals surface area contributed by atoms with E-state index in [2.05, 4.69) is 4.98 Å². The van der Waals surface area contributed by atoms with Gasteiger partial charge in [-0.25, -0.2) is 0 Å². The van der Waals surface area contributed by atoms with Gasteiger partial charge in [0.1, 0.15) is 0 Å². The van der Waals surface area contributed by atoms with Crippen LogP contribution in [-0.4, -0.2) is 16.2 Å². The predicted molar refractivity (Wildman–Crippen MR) is 57.5 cm³/mol. The molecule has 1 aromatic heterocycles. The third kappa shape index (κ3) is 2.36. The summed E-state index contributed by atoms with van der Waals surface area (Å²) in [5.41, 5.74) is 6.36. The summed E-state index contributed by atoms with van der Waals surface area (Å²) in [7, 11) is 0. The van der Waals surface area contributed by atoms with Crippen LogP contribution in [0.3, 0.4) is 0 Å². The maximum absolute atomic E-state index is 9.57. The molecule has 14 heavy (non-hydrogen) atoms. The zero-order valence-electron chi connectivity index (χ0n) is 7.74. The molecule has 3 nitrogen and oxygen atoms in total. The molecule has 0 saturated carbocycles. The first-order chi connectivity index (χ1) is 6.57. The molecule has 1 aromatic rings. The molecule has 0 aliphatic rings. The van der Waals surface area contributed by atoms with Gasteiger partial charge in [-0.3, -0.25) is 4.98 Å². The fourth-order valence-corrected chi connectivity index (χ4v) is 1.80. The lowest BCUT2D eigenvalue weighted by molar-refractivity contribution is 0.141. The molecule has 78 valence electrons. The number of hydrogen-bond donors (Lipinski definition) is 2. The molecule has 3 N–H and O–H groups in total. The van der Waals surface area contributed by atoms with Crippen LogP contribution in [-0.2, 0) is 0 Å². The van der Waals surface area contributed by atoms with Crippen LogP contribution in [0.25, 0.3) is 0 Å². The summed E-state index contributed by atoms with van der Waals surface area (Å²) in [5.74, 6) is 0. The van der Waals surface area contributed by atoms with Gasteiger partial charge in [0.25, 0.3) is 0 Å². The average Bonchev–Trinajstić information content (AvgIpc) is 2.16. The number of pyridine rings is 1. The molecule has 1 rings (SSSR count). The van der Waals surface area contributed by atoms with Gasteiger partial charge in [0.15, 0.2) is 0 Å². The first kappa shape index (κ1) is 11.7. The second-order valence-electron chi connectivity index (χ2n) is 3.02. The Hall–Kier alpha value is -0.350. The smallest absolute Gasteiger partial charge is 0.0731 e. The second-order valence-corrected chi connectivity index (χ2v) is 3.83. The Balaban J connectivity index is 3.05. The van der Waals surface area contributed by atoms with E-state index in [1.165, 1.54) is 12.4 Å². The maximum Gasteiger partial charge on any atom is 0.0731 e. The number of aromatic nitrogens is 1. The van der Waals surface area contributed by atoms with Crippen LogP contribution in [0.4, 0.5) is 0 Å². The van der Waals surface area contributed by atoms with E-state index in [9.17, 15) is 5.11 Å². The van der Waals surface area contributed by atoms with Crippen molar-refractivity contribution in [3.63, 3.8) is 0 Å². The number of halogens is 2. The number of nitrogens with zero attached hydrogens (tertiary/aromatic N) is 1. The summed E-state index contributed by atoms with van der Waals surface area (Å²) in [6, 6.07) is -0.567. The third-order valence-corrected chi connectivity index (χ3v) is 2.66. The van der Waals surface area contributed by atoms with E-state index in [1.54, 1.807) is 0 Å². The molecule has 0 amide bonds. The van der Waals surface area contributed by atoms with Crippen molar-refractivity contribution in [1.82, 2.24) is 4.98 Å². The van der Waals surface area contributed by atoms with E-state index < -0.39 is 12.1 Å². The molecule has 0 spiro atoms. The van der Waals surface area contributed by atoms with Crippen LogP contribution in [0, 0.1) is 0 Å². The monoisotopic (exact) mass is 234 g/mol. The van der Waals surface area contributed by atoms with Gasteiger partial charge in [-0.2, -0.15) is 0 Å². The molecule has 0 aromatic carbocycles. The van der Waals surface area contributed by atoms with Crippen LogP contribution in [0.2, 0.25) is 10.0 Å². The summed E-state index contributed by atoms with van der Waals surface area (Å²) in [4.78, 5) is 3.81. The Kier molecular flexibility index (Phi) is 4.13. The zero-order chi connectivity index (χ0) is 10.7. The van der Waals surface area contributed by atoms with Gasteiger partial charge in [-0.1, -0.05) is 30.1 Å². The normalized spacial score (nSPS) is 15.2. The van der Waals surface area contributed by atoms with Crippen molar-refractivity contribution in [3.8, 4) is 0 Å². The fraction of sp³-hybridized carbons (Fsp3) is 0.444. The fourth-order valence-electron chi connectivity index (χ4n) is 1.19. The lowest BCUT2D eigenvalue weighted by Crippen LogP contribution is -2.26. The van der Waals surface area contributed by atoms with E-state index in [0.29, 0.717) is 22.0 Å². The van der Waals surface area contributed by atoms with Crippen LogP contribution in [0.15, 0.2) is 12.4 Å². The summed E-state index contributed by atoms with van der Waals surface area (Å²) < 4.78 is 0. The summed E-state index contributed by atoms with van der Waals surface area (Å²) >= 11 is 11.8. The summed E-state index contributed by atoms with van der Waals surface area (Å²) in [5, 5.41) is 10.3. The molecule has 1 heterocycles. The lowest BCUT2D eigenvalue weighted by Gasteiger charge is -2.19. The van der Waals surface area contributed by atoms with E-state index in [4.69, 9.17) is 28.9 Å². The van der Waals surface area contributed by atoms with Gasteiger partial charge >= 0.3 is 0 Å². The van der Waals surface area contributed by atoms with Gasteiger partial charge in [0, 0.05) is 18.0 Å². The molecule has 0 aliphatic carbocycles. The van der Waals surface area contributed by atoms with Gasteiger partial charge in [0.2, 0.25) is 0 Å². The van der Waals surface area contributed by atoms with E-state index in [-0.39, 0.29) is 0 Å². The van der Waals surface area contributed by atoms with Crippen molar-refractivity contribution in [2.75, 3.05) is 0 Å². The average molecular weight is 235 g/mol. The minimum Gasteiger partial charge on any atom is -0.391 e. The Morgan fingerprint density at radius 3 is 2.36 bits per heavy atom. The molecule has 0 saturated heterocycles. The van der Waals surface area contributed by atoms with Crippen molar-refractivity contribution in [2.24, 2.45) is 5.73 Å². The quantitative estimate of drug-likeness (QED) is 0.843. The zero-order valence-corrected chi connectivity index (χ0v) is 9.26. The van der Waals surface area contributed by atoms with E-state index in [1.807, 2.05) is 6.92 Å². The van der Waals surface area contributed by atoms with Crippen molar-refractivity contribution in [3.05, 3.63) is 28.0 Å². The Morgan fingerprint density at radius 1 is 1.43 bits per heavy atom. The molecule has 2 atom stereocenters. The van der Waals surface area contributed by atoms with Crippen molar-refractivity contribution >= 4 is 23.2 Å².